The molecule has 8 aromatic rings. The van der Waals surface area contributed by atoms with Gasteiger partial charge in [0, 0.05) is 27.8 Å². The SMILES string of the molecule is COc1cn2nccc2nc1Nc1ncnc2sc3c(c12)CC[C@H](C(=O)NCC(F)F)C3.COc1cn2nccc2nc1Nc1ncnc2sc3c(c12)CC[C@H](C(=O)O)C3. The molecule has 8 heterocycles. The van der Waals surface area contributed by atoms with Crippen LogP contribution in [0.15, 0.2) is 49.6 Å². The van der Waals surface area contributed by atoms with Gasteiger partial charge in [0.15, 0.2) is 34.4 Å². The highest BCUT2D eigenvalue weighted by Gasteiger charge is 2.31. The van der Waals surface area contributed by atoms with Gasteiger partial charge in [-0.2, -0.15) is 10.2 Å². The third-order valence-corrected chi connectivity index (χ3v) is 12.8. The number of alkyl halides is 2. The summed E-state index contributed by atoms with van der Waals surface area (Å²) < 4.78 is 39.0. The Kier molecular flexibility index (Phi) is 10.5. The lowest BCUT2D eigenvalue weighted by molar-refractivity contribution is -0.142. The molecule has 22 heteroatoms. The molecule has 0 bridgehead atoms. The molecule has 2 aliphatic carbocycles. The lowest BCUT2D eigenvalue weighted by Crippen LogP contribution is -2.36. The van der Waals surface area contributed by atoms with Gasteiger partial charge in [0.1, 0.15) is 34.0 Å². The monoisotopic (exact) mass is 855 g/mol. The van der Waals surface area contributed by atoms with Crippen LogP contribution in [0.3, 0.4) is 0 Å². The quantitative estimate of drug-likeness (QED) is 0.131. The van der Waals surface area contributed by atoms with Crippen molar-refractivity contribution in [1.29, 1.82) is 0 Å². The van der Waals surface area contributed by atoms with Crippen molar-refractivity contribution in [3.8, 4) is 11.5 Å². The molecule has 8 aromatic heterocycles. The Morgan fingerprint density at radius 3 is 1.77 bits per heavy atom. The number of carbonyl (C=O) groups excluding carboxylic acids is 1. The number of anilines is 4. The Balaban J connectivity index is 0.000000155. The minimum absolute atomic E-state index is 0.329. The van der Waals surface area contributed by atoms with Crippen LogP contribution in [0.25, 0.3) is 31.7 Å². The number of ether oxygens (including phenoxy) is 2. The number of carbonyl (C=O) groups is 2. The van der Waals surface area contributed by atoms with Gasteiger partial charge < -0.3 is 30.5 Å². The van der Waals surface area contributed by atoms with E-state index in [1.807, 2.05) is 0 Å². The number of hydrogen-bond acceptors (Lipinski definition) is 16. The van der Waals surface area contributed by atoms with Gasteiger partial charge in [0.25, 0.3) is 6.43 Å². The van der Waals surface area contributed by atoms with Crippen molar-refractivity contribution >= 4 is 89.5 Å². The number of halogens is 2. The number of hydrogen-bond donors (Lipinski definition) is 4. The van der Waals surface area contributed by atoms with Crippen LogP contribution in [-0.4, -0.2) is 93.3 Å². The molecular formula is C38H35F2N13O5S2. The van der Waals surface area contributed by atoms with Crippen LogP contribution in [0, 0.1) is 11.8 Å². The summed E-state index contributed by atoms with van der Waals surface area (Å²) in [5.41, 5.74) is 3.55. The molecule has 60 heavy (non-hydrogen) atoms. The van der Waals surface area contributed by atoms with Crippen LogP contribution < -0.4 is 25.4 Å². The molecule has 1 amide bonds. The fourth-order valence-corrected chi connectivity index (χ4v) is 10.1. The summed E-state index contributed by atoms with van der Waals surface area (Å²) >= 11 is 3.04. The molecule has 10 rings (SSSR count). The number of amides is 1. The smallest absolute Gasteiger partial charge is 0.306 e. The molecule has 4 N–H and O–H groups in total. The Hall–Kier alpha value is -6.68. The fraction of sp³-hybridized carbons (Fsp3) is 0.316. The molecule has 2 aliphatic rings. The number of aromatic nitrogens is 10. The first-order valence-corrected chi connectivity index (χ1v) is 20.4. The van der Waals surface area contributed by atoms with Gasteiger partial charge in [-0.3, -0.25) is 9.59 Å². The normalized spacial score (nSPS) is 16.0. The first kappa shape index (κ1) is 38.8. The van der Waals surface area contributed by atoms with E-state index >= 15 is 0 Å². The Morgan fingerprint density at radius 1 is 0.783 bits per heavy atom. The van der Waals surface area contributed by atoms with E-state index in [0.717, 1.165) is 41.3 Å². The van der Waals surface area contributed by atoms with Crippen LogP contribution in [-0.2, 0) is 35.3 Å². The minimum atomic E-state index is -2.56. The summed E-state index contributed by atoms with van der Waals surface area (Å²) in [6, 6.07) is 3.59. The van der Waals surface area contributed by atoms with Gasteiger partial charge in [0.05, 0.1) is 62.2 Å². The summed E-state index contributed by atoms with van der Waals surface area (Å²) in [5.74, 6) is 1.59. The van der Waals surface area contributed by atoms with E-state index < -0.39 is 18.9 Å². The fourth-order valence-electron chi connectivity index (χ4n) is 7.54. The van der Waals surface area contributed by atoms with E-state index in [1.54, 1.807) is 60.2 Å². The predicted molar refractivity (Wildman–Crippen MR) is 218 cm³/mol. The molecule has 2 atom stereocenters. The lowest BCUT2D eigenvalue weighted by atomic mass is 9.87. The van der Waals surface area contributed by atoms with Crippen LogP contribution in [0.2, 0.25) is 0 Å². The first-order valence-electron chi connectivity index (χ1n) is 18.8. The van der Waals surface area contributed by atoms with Gasteiger partial charge in [-0.05, 0) is 49.7 Å². The second-order valence-electron chi connectivity index (χ2n) is 14.0. The number of aliphatic carboxylic acids is 1. The van der Waals surface area contributed by atoms with Crippen molar-refractivity contribution in [2.45, 2.75) is 45.0 Å². The van der Waals surface area contributed by atoms with Crippen LogP contribution >= 0.6 is 22.7 Å². The highest BCUT2D eigenvalue weighted by molar-refractivity contribution is 7.19. The summed E-state index contributed by atoms with van der Waals surface area (Å²) in [4.78, 5) is 54.2. The minimum Gasteiger partial charge on any atom is -0.491 e. The van der Waals surface area contributed by atoms with Gasteiger partial charge in [-0.25, -0.2) is 47.7 Å². The molecule has 0 spiro atoms. The zero-order valence-electron chi connectivity index (χ0n) is 31.9. The van der Waals surface area contributed by atoms with Crippen LogP contribution in [0.4, 0.5) is 32.1 Å². The molecule has 0 unspecified atom stereocenters. The number of nitrogens with zero attached hydrogens (tertiary/aromatic N) is 10. The van der Waals surface area contributed by atoms with Gasteiger partial charge in [0.2, 0.25) is 5.91 Å². The number of thiophene rings is 2. The van der Waals surface area contributed by atoms with Crippen LogP contribution in [0.1, 0.15) is 33.7 Å². The summed E-state index contributed by atoms with van der Waals surface area (Å²) in [6.07, 6.45) is 10.8. The third-order valence-electron chi connectivity index (χ3n) is 10.5. The molecule has 0 saturated carbocycles. The van der Waals surface area contributed by atoms with E-state index in [1.165, 1.54) is 35.3 Å². The zero-order chi connectivity index (χ0) is 41.5. The van der Waals surface area contributed by atoms with E-state index in [4.69, 9.17) is 9.47 Å². The molecule has 0 fully saturated rings. The lowest BCUT2D eigenvalue weighted by Gasteiger charge is -2.21. The second-order valence-corrected chi connectivity index (χ2v) is 16.2. The first-order chi connectivity index (χ1) is 29.2. The van der Waals surface area contributed by atoms with Crippen LogP contribution in [0.5, 0.6) is 11.5 Å². The number of nitrogens with one attached hydrogen (secondary N) is 3. The van der Waals surface area contributed by atoms with Gasteiger partial charge in [-0.15, -0.1) is 22.7 Å². The second kappa shape index (κ2) is 16.2. The van der Waals surface area contributed by atoms with E-state index in [0.29, 0.717) is 84.6 Å². The zero-order valence-corrected chi connectivity index (χ0v) is 33.6. The number of carboxylic acids is 1. The standard InChI is InChI=1S/C20H19F2N7O2S.C18H16N6O3S/c1-31-12-8-29-15(4-5-26-29)27-17(12)28-18-16-11-3-2-10(19(30)23-7-14(21)22)6-13(11)32-20(16)25-9-24-18;1-27-11-7-24-13(4-5-21-24)22-15(11)23-16-14-10-3-2-9(18(25)26)6-12(10)28-17(14)20-8-19-16/h4-5,8-10,14H,2-3,6-7H2,1H3,(H,23,30)(H,24,25,27,28);4-5,7-9H,2-3,6H2,1H3,(H,25,26)(H,19,20,22,23)/t10-;9-/m00/s1. The van der Waals surface area contributed by atoms with Crippen molar-refractivity contribution in [3.63, 3.8) is 0 Å². The van der Waals surface area contributed by atoms with E-state index in [-0.39, 0.29) is 17.7 Å². The van der Waals surface area contributed by atoms with Crippen molar-refractivity contribution in [2.75, 3.05) is 31.4 Å². The molecule has 0 radical (unpaired) electrons. The molecular weight excluding hydrogens is 821 g/mol. The van der Waals surface area contributed by atoms with Crippen molar-refractivity contribution in [1.82, 2.24) is 54.4 Å². The maximum absolute atomic E-state index is 12.4. The molecule has 308 valence electrons. The Labute approximate surface area is 346 Å². The van der Waals surface area contributed by atoms with Crippen molar-refractivity contribution in [2.24, 2.45) is 11.8 Å². The Morgan fingerprint density at radius 2 is 1.28 bits per heavy atom. The number of fused-ring (bicyclic) bond motifs is 8. The maximum atomic E-state index is 12.4. The van der Waals surface area contributed by atoms with E-state index in [9.17, 15) is 23.5 Å². The summed E-state index contributed by atoms with van der Waals surface area (Å²) in [7, 11) is 3.13. The topological polar surface area (TPSA) is 221 Å². The van der Waals surface area contributed by atoms with Gasteiger partial charge >= 0.3 is 5.97 Å². The average Bonchev–Trinajstić information content (AvgIpc) is 4.06. The molecule has 0 aromatic carbocycles. The molecule has 18 nitrogen and oxygen atoms in total. The number of rotatable bonds is 10. The molecule has 0 aliphatic heterocycles. The summed E-state index contributed by atoms with van der Waals surface area (Å²) in [5, 5.41) is 28.4. The average molecular weight is 856 g/mol. The number of methoxy groups -OCH3 is 2. The van der Waals surface area contributed by atoms with Crippen molar-refractivity contribution in [3.05, 3.63) is 70.5 Å². The third kappa shape index (κ3) is 7.42. The molecule has 0 saturated heterocycles. The van der Waals surface area contributed by atoms with E-state index in [2.05, 4.69) is 56.1 Å². The van der Waals surface area contributed by atoms with Gasteiger partial charge in [-0.1, -0.05) is 0 Å². The highest BCUT2D eigenvalue weighted by atomic mass is 32.1. The maximum Gasteiger partial charge on any atom is 0.306 e. The largest absolute Gasteiger partial charge is 0.491 e. The van der Waals surface area contributed by atoms with Crippen molar-refractivity contribution < 1.29 is 33.0 Å². The summed E-state index contributed by atoms with van der Waals surface area (Å²) in [6.45, 7) is -0.621. The number of carboxylic acid groups (broad SMARTS) is 1. The Bertz CT molecular complexity index is 2910. The highest BCUT2D eigenvalue weighted by Crippen LogP contribution is 2.42. The predicted octanol–water partition coefficient (Wildman–Crippen LogP) is 5.65. The number of aryl methyl sites for hydroxylation is 2.